The van der Waals surface area contributed by atoms with Gasteiger partial charge in [-0.1, -0.05) is 80.5 Å². The Morgan fingerprint density at radius 1 is 0.967 bits per heavy atom. The number of hydrogen-bond acceptors (Lipinski definition) is 6. The van der Waals surface area contributed by atoms with Crippen LogP contribution in [0.3, 0.4) is 0 Å². The summed E-state index contributed by atoms with van der Waals surface area (Å²) in [7, 11) is 0. The number of aromatic nitrogens is 5. The van der Waals surface area contributed by atoms with Crippen molar-refractivity contribution < 1.29 is 4.42 Å². The van der Waals surface area contributed by atoms with E-state index < -0.39 is 0 Å². The van der Waals surface area contributed by atoms with Crippen LogP contribution in [0.1, 0.15) is 38.1 Å². The quantitative estimate of drug-likeness (QED) is 0.362. The van der Waals surface area contributed by atoms with E-state index in [4.69, 9.17) is 16.0 Å². The van der Waals surface area contributed by atoms with Gasteiger partial charge in [-0.15, -0.1) is 20.4 Å². The monoisotopic (exact) mass is 439 g/mol. The average molecular weight is 440 g/mol. The van der Waals surface area contributed by atoms with Gasteiger partial charge in [0.15, 0.2) is 11.0 Å². The van der Waals surface area contributed by atoms with E-state index in [2.05, 4.69) is 65.4 Å². The van der Waals surface area contributed by atoms with Crippen molar-refractivity contribution in [2.75, 3.05) is 0 Å². The number of thioether (sulfide) groups is 1. The molecule has 0 atom stereocenters. The summed E-state index contributed by atoms with van der Waals surface area (Å²) in [6.07, 6.45) is 0. The molecule has 2 aromatic carbocycles. The summed E-state index contributed by atoms with van der Waals surface area (Å²) in [6, 6.07) is 16.1. The highest BCUT2D eigenvalue weighted by atomic mass is 35.5. The number of benzene rings is 2. The average Bonchev–Trinajstić information content (AvgIpc) is 3.32. The highest BCUT2D eigenvalue weighted by Gasteiger charge is 2.20. The van der Waals surface area contributed by atoms with Crippen molar-refractivity contribution in [3.63, 3.8) is 0 Å². The summed E-state index contributed by atoms with van der Waals surface area (Å²) in [5, 5.41) is 18.2. The minimum absolute atomic E-state index is 0.0815. The highest BCUT2D eigenvalue weighted by molar-refractivity contribution is 7.98. The predicted octanol–water partition coefficient (Wildman–Crippen LogP) is 5.87. The molecule has 4 aromatic rings. The maximum atomic E-state index is 6.53. The Hall–Kier alpha value is -2.64. The van der Waals surface area contributed by atoms with E-state index >= 15 is 0 Å². The fourth-order valence-electron chi connectivity index (χ4n) is 3.04. The molecule has 0 aliphatic heterocycles. The van der Waals surface area contributed by atoms with Crippen LogP contribution in [0, 0.1) is 6.92 Å². The number of nitrogens with zero attached hydrogens (tertiary/aromatic N) is 5. The fourth-order valence-corrected chi connectivity index (χ4v) is 4.04. The molecule has 6 nitrogen and oxygen atoms in total. The molecule has 0 N–H and O–H groups in total. The van der Waals surface area contributed by atoms with E-state index in [1.165, 1.54) is 17.3 Å². The molecule has 0 fully saturated rings. The molecular weight excluding hydrogens is 418 g/mol. The first-order valence-electron chi connectivity index (χ1n) is 9.56. The minimum Gasteiger partial charge on any atom is -0.425 e. The lowest BCUT2D eigenvalue weighted by molar-refractivity contribution is 0.485. The predicted molar refractivity (Wildman–Crippen MR) is 119 cm³/mol. The van der Waals surface area contributed by atoms with Crippen molar-refractivity contribution in [2.45, 2.75) is 44.0 Å². The van der Waals surface area contributed by atoms with Crippen LogP contribution in [0.4, 0.5) is 0 Å². The standard InChI is InChI=1S/C22H22ClN5OS/c1-14-24-25-19(29-14)13-30-21-27-26-20(28(21)18-8-6-5-7-17(18)23)15-9-11-16(12-10-15)22(2,3)4/h5-12H,13H2,1-4H3. The molecule has 0 radical (unpaired) electrons. The van der Waals surface area contributed by atoms with Crippen molar-refractivity contribution in [3.05, 3.63) is 70.9 Å². The lowest BCUT2D eigenvalue weighted by Gasteiger charge is -2.19. The molecule has 0 amide bonds. The molecule has 154 valence electrons. The Labute approximate surface area is 184 Å². The summed E-state index contributed by atoms with van der Waals surface area (Å²) in [4.78, 5) is 0. The Kier molecular flexibility index (Phi) is 5.66. The smallest absolute Gasteiger partial charge is 0.226 e. The topological polar surface area (TPSA) is 69.6 Å². The van der Waals surface area contributed by atoms with Crippen LogP contribution in [-0.4, -0.2) is 25.0 Å². The molecule has 8 heteroatoms. The fraction of sp³-hybridized carbons (Fsp3) is 0.273. The third-order valence-electron chi connectivity index (χ3n) is 4.63. The number of para-hydroxylation sites is 1. The van der Waals surface area contributed by atoms with Crippen LogP contribution >= 0.6 is 23.4 Å². The molecule has 2 aromatic heterocycles. The van der Waals surface area contributed by atoms with Crippen LogP contribution in [0.2, 0.25) is 5.02 Å². The molecular formula is C22H22ClN5OS. The maximum absolute atomic E-state index is 6.53. The van der Waals surface area contributed by atoms with Crippen LogP contribution in [0.25, 0.3) is 17.1 Å². The van der Waals surface area contributed by atoms with Crippen LogP contribution in [-0.2, 0) is 11.2 Å². The van der Waals surface area contributed by atoms with Gasteiger partial charge in [0.05, 0.1) is 16.5 Å². The highest BCUT2D eigenvalue weighted by Crippen LogP contribution is 2.33. The maximum Gasteiger partial charge on any atom is 0.226 e. The Morgan fingerprint density at radius 2 is 1.70 bits per heavy atom. The van der Waals surface area contributed by atoms with Gasteiger partial charge in [-0.2, -0.15) is 0 Å². The van der Waals surface area contributed by atoms with Gasteiger partial charge < -0.3 is 4.42 Å². The first-order chi connectivity index (χ1) is 14.3. The lowest BCUT2D eigenvalue weighted by Crippen LogP contribution is -2.10. The summed E-state index contributed by atoms with van der Waals surface area (Å²) in [5.41, 5.74) is 3.13. The number of rotatable bonds is 5. The van der Waals surface area contributed by atoms with Gasteiger partial charge in [0, 0.05) is 12.5 Å². The Morgan fingerprint density at radius 3 is 2.33 bits per heavy atom. The van der Waals surface area contributed by atoms with Crippen molar-refractivity contribution in [1.82, 2.24) is 25.0 Å². The van der Waals surface area contributed by atoms with Gasteiger partial charge in [-0.05, 0) is 23.1 Å². The van der Waals surface area contributed by atoms with Gasteiger partial charge >= 0.3 is 0 Å². The Balaban J connectivity index is 1.75. The zero-order valence-electron chi connectivity index (χ0n) is 17.3. The van der Waals surface area contributed by atoms with Crippen LogP contribution in [0.15, 0.2) is 58.1 Å². The zero-order valence-corrected chi connectivity index (χ0v) is 18.8. The molecule has 0 unspecified atom stereocenters. The van der Waals surface area contributed by atoms with Crippen molar-refractivity contribution >= 4 is 23.4 Å². The lowest BCUT2D eigenvalue weighted by atomic mass is 9.87. The van der Waals surface area contributed by atoms with Gasteiger partial charge in [-0.25, -0.2) is 0 Å². The van der Waals surface area contributed by atoms with Crippen LogP contribution in [0.5, 0.6) is 0 Å². The van der Waals surface area contributed by atoms with E-state index in [-0.39, 0.29) is 5.41 Å². The first kappa shape index (κ1) is 20.6. The van der Waals surface area contributed by atoms with Crippen molar-refractivity contribution in [2.24, 2.45) is 0 Å². The Bertz CT molecular complexity index is 1160. The van der Waals surface area contributed by atoms with Crippen LogP contribution < -0.4 is 0 Å². The van der Waals surface area contributed by atoms with E-state index in [0.29, 0.717) is 27.7 Å². The zero-order chi connectivity index (χ0) is 21.3. The molecule has 2 heterocycles. The molecule has 0 aliphatic carbocycles. The van der Waals surface area contributed by atoms with Gasteiger partial charge in [0.2, 0.25) is 11.8 Å². The van der Waals surface area contributed by atoms with Crippen molar-refractivity contribution in [3.8, 4) is 17.1 Å². The number of halogens is 1. The molecule has 30 heavy (non-hydrogen) atoms. The first-order valence-corrected chi connectivity index (χ1v) is 10.9. The van der Waals surface area contributed by atoms with Crippen molar-refractivity contribution in [1.29, 1.82) is 0 Å². The number of aryl methyl sites for hydroxylation is 1. The molecule has 0 saturated carbocycles. The van der Waals surface area contributed by atoms with Gasteiger partial charge in [0.1, 0.15) is 0 Å². The molecule has 0 spiro atoms. The molecule has 0 saturated heterocycles. The minimum atomic E-state index is 0.0815. The second kappa shape index (κ2) is 8.24. The van der Waals surface area contributed by atoms with E-state index in [9.17, 15) is 0 Å². The van der Waals surface area contributed by atoms with Gasteiger partial charge in [0.25, 0.3) is 0 Å². The second-order valence-electron chi connectivity index (χ2n) is 7.92. The number of hydrogen-bond donors (Lipinski definition) is 0. The summed E-state index contributed by atoms with van der Waals surface area (Å²) in [5.74, 6) is 2.31. The molecule has 0 bridgehead atoms. The molecule has 4 rings (SSSR count). The second-order valence-corrected chi connectivity index (χ2v) is 9.27. The summed E-state index contributed by atoms with van der Waals surface area (Å²) in [6.45, 7) is 8.36. The molecule has 0 aliphatic rings. The third-order valence-corrected chi connectivity index (χ3v) is 5.86. The van der Waals surface area contributed by atoms with E-state index in [1.54, 1.807) is 6.92 Å². The van der Waals surface area contributed by atoms with E-state index in [0.717, 1.165) is 17.1 Å². The van der Waals surface area contributed by atoms with E-state index in [1.807, 2.05) is 28.8 Å². The largest absolute Gasteiger partial charge is 0.425 e. The third kappa shape index (κ3) is 4.27. The SMILES string of the molecule is Cc1nnc(CSc2nnc(-c3ccc(C(C)(C)C)cc3)n2-c2ccccc2Cl)o1. The summed E-state index contributed by atoms with van der Waals surface area (Å²) >= 11 is 8.00. The normalized spacial score (nSPS) is 11.8. The van der Waals surface area contributed by atoms with Gasteiger partial charge in [-0.3, -0.25) is 4.57 Å². The summed E-state index contributed by atoms with van der Waals surface area (Å²) < 4.78 is 7.46.